The first-order chi connectivity index (χ1) is 17.5. The maximum absolute atomic E-state index is 13.3. The molecule has 0 unspecified atom stereocenters. The zero-order valence-electron chi connectivity index (χ0n) is 19.3. The fraction of sp³-hybridized carbons (Fsp3) is 0.240. The molecule has 4 aromatic rings. The molecular weight excluding hydrogens is 547 g/mol. The van der Waals surface area contributed by atoms with Crippen molar-refractivity contribution >= 4 is 48.9 Å². The Morgan fingerprint density at radius 2 is 1.62 bits per heavy atom. The Balaban J connectivity index is 1.34. The minimum atomic E-state index is -4.45. The van der Waals surface area contributed by atoms with Gasteiger partial charge in [0, 0.05) is 36.9 Å². The summed E-state index contributed by atoms with van der Waals surface area (Å²) in [4.78, 5) is 14.3. The van der Waals surface area contributed by atoms with Crippen LogP contribution >= 0.6 is 22.9 Å². The Bertz CT molecular complexity index is 1610. The number of benzene rings is 3. The largest absolute Gasteiger partial charge is 0.416 e. The second kappa shape index (κ2) is 9.79. The molecule has 1 fully saturated rings. The van der Waals surface area contributed by atoms with E-state index < -0.39 is 21.8 Å². The van der Waals surface area contributed by atoms with Gasteiger partial charge in [-0.05, 0) is 54.1 Å². The Morgan fingerprint density at radius 3 is 2.30 bits per heavy atom. The normalized spacial score (nSPS) is 15.4. The summed E-state index contributed by atoms with van der Waals surface area (Å²) < 4.78 is 69.4. The van der Waals surface area contributed by atoms with Crippen molar-refractivity contribution in [3.8, 4) is 0 Å². The van der Waals surface area contributed by atoms with Gasteiger partial charge in [0.25, 0.3) is 0 Å². The number of sulfonamides is 1. The monoisotopic (exact) mass is 567 g/mol. The fourth-order valence-corrected chi connectivity index (χ4v) is 6.92. The average Bonchev–Trinajstić information content (AvgIpc) is 3.19. The van der Waals surface area contributed by atoms with Gasteiger partial charge in [0.05, 0.1) is 27.2 Å². The van der Waals surface area contributed by atoms with E-state index in [4.69, 9.17) is 11.6 Å². The molecule has 0 amide bonds. The van der Waals surface area contributed by atoms with Crippen molar-refractivity contribution in [2.24, 2.45) is 0 Å². The number of nitrogens with zero attached hydrogens (tertiary/aromatic N) is 3. The van der Waals surface area contributed by atoms with Crippen LogP contribution in [0, 0.1) is 0 Å². The number of anilines is 1. The van der Waals surface area contributed by atoms with Crippen molar-refractivity contribution in [1.29, 1.82) is 0 Å². The Morgan fingerprint density at radius 1 is 0.919 bits per heavy atom. The Labute approximate surface area is 220 Å². The van der Waals surface area contributed by atoms with E-state index in [1.165, 1.54) is 22.5 Å². The highest BCUT2D eigenvalue weighted by molar-refractivity contribution is 7.89. The predicted molar refractivity (Wildman–Crippen MR) is 139 cm³/mol. The van der Waals surface area contributed by atoms with E-state index in [2.05, 4.69) is 0 Å². The van der Waals surface area contributed by atoms with Crippen LogP contribution in [-0.4, -0.2) is 43.5 Å². The Kier molecular flexibility index (Phi) is 6.82. The molecule has 0 bridgehead atoms. The molecule has 0 saturated carbocycles. The summed E-state index contributed by atoms with van der Waals surface area (Å²) in [5.74, 6) is 0. The number of hydrogen-bond acceptors (Lipinski definition) is 5. The molecule has 0 radical (unpaired) electrons. The minimum absolute atomic E-state index is 0.0763. The van der Waals surface area contributed by atoms with E-state index in [1.54, 1.807) is 33.7 Å². The van der Waals surface area contributed by atoms with Gasteiger partial charge in [-0.15, -0.1) is 0 Å². The minimum Gasteiger partial charge on any atom is -0.369 e. The van der Waals surface area contributed by atoms with E-state index in [0.29, 0.717) is 27.5 Å². The van der Waals surface area contributed by atoms with Crippen LogP contribution in [0.25, 0.3) is 10.2 Å². The first-order valence-electron chi connectivity index (χ1n) is 11.3. The van der Waals surface area contributed by atoms with Crippen molar-refractivity contribution < 1.29 is 21.6 Å². The lowest BCUT2D eigenvalue weighted by Gasteiger charge is -2.35. The number of hydrogen-bond donors (Lipinski definition) is 0. The summed E-state index contributed by atoms with van der Waals surface area (Å²) in [7, 11) is -3.85. The summed E-state index contributed by atoms with van der Waals surface area (Å²) >= 11 is 6.91. The van der Waals surface area contributed by atoms with Crippen molar-refractivity contribution in [1.82, 2.24) is 8.87 Å². The lowest BCUT2D eigenvalue weighted by atomic mass is 10.1. The molecule has 0 atom stereocenters. The molecule has 0 spiro atoms. The van der Waals surface area contributed by atoms with Crippen LogP contribution in [0.4, 0.5) is 18.9 Å². The van der Waals surface area contributed by atoms with Crippen LogP contribution in [0.15, 0.2) is 76.4 Å². The van der Waals surface area contributed by atoms with Gasteiger partial charge in [0.15, 0.2) is 0 Å². The third kappa shape index (κ3) is 5.26. The van der Waals surface area contributed by atoms with E-state index in [0.717, 1.165) is 29.0 Å². The lowest BCUT2D eigenvalue weighted by molar-refractivity contribution is -0.137. The maximum atomic E-state index is 13.3. The standard InChI is InChI=1S/C25H21ClF3N3O3S2/c26-19-6-4-17(5-7-19)16-32-22-9-8-21(15-23(22)36-24(32)33)37(34,35)31-12-10-30(11-13-31)20-3-1-2-18(14-20)25(27,28)29/h1-9,14-15H,10-13,16H2. The van der Waals surface area contributed by atoms with Crippen LogP contribution in [0.3, 0.4) is 0 Å². The van der Waals surface area contributed by atoms with Gasteiger partial charge in [-0.3, -0.25) is 9.36 Å². The molecule has 6 nitrogen and oxygen atoms in total. The van der Waals surface area contributed by atoms with Gasteiger partial charge in [-0.25, -0.2) is 8.42 Å². The van der Waals surface area contributed by atoms with Crippen LogP contribution in [0.5, 0.6) is 0 Å². The van der Waals surface area contributed by atoms with E-state index in [9.17, 15) is 26.4 Å². The van der Waals surface area contributed by atoms with Crippen LogP contribution in [-0.2, 0) is 22.7 Å². The van der Waals surface area contributed by atoms with Gasteiger partial charge in [-0.1, -0.05) is 41.1 Å². The molecule has 194 valence electrons. The number of aromatic nitrogens is 1. The zero-order valence-corrected chi connectivity index (χ0v) is 21.7. The summed E-state index contributed by atoms with van der Waals surface area (Å²) in [6.45, 7) is 1.11. The molecular formula is C25H21ClF3N3O3S2. The van der Waals surface area contributed by atoms with Gasteiger partial charge >= 0.3 is 11.0 Å². The molecule has 37 heavy (non-hydrogen) atoms. The van der Waals surface area contributed by atoms with Crippen LogP contribution in [0.2, 0.25) is 5.02 Å². The fourth-order valence-electron chi connectivity index (χ4n) is 4.34. The highest BCUT2D eigenvalue weighted by atomic mass is 35.5. The summed E-state index contributed by atoms with van der Waals surface area (Å²) in [6, 6.07) is 16.8. The number of alkyl halides is 3. The number of rotatable bonds is 5. The van der Waals surface area contributed by atoms with Crippen molar-refractivity contribution in [2.45, 2.75) is 17.6 Å². The molecule has 2 heterocycles. The predicted octanol–water partition coefficient (Wildman–Crippen LogP) is 5.29. The molecule has 1 saturated heterocycles. The molecule has 1 aromatic heterocycles. The van der Waals surface area contributed by atoms with Crippen LogP contribution in [0.1, 0.15) is 11.1 Å². The van der Waals surface area contributed by atoms with Gasteiger partial charge < -0.3 is 4.90 Å². The number of thiazole rings is 1. The molecule has 0 aliphatic carbocycles. The van der Waals surface area contributed by atoms with Crippen molar-refractivity contribution in [2.75, 3.05) is 31.1 Å². The first kappa shape index (κ1) is 25.8. The van der Waals surface area contributed by atoms with Crippen molar-refractivity contribution in [3.05, 3.63) is 92.5 Å². The number of fused-ring (bicyclic) bond motifs is 1. The topological polar surface area (TPSA) is 62.6 Å². The second-order valence-electron chi connectivity index (χ2n) is 8.65. The quantitative estimate of drug-likeness (QED) is 0.329. The van der Waals surface area contributed by atoms with Gasteiger partial charge in [-0.2, -0.15) is 17.5 Å². The molecule has 1 aliphatic rings. The molecule has 5 rings (SSSR count). The second-order valence-corrected chi connectivity index (χ2v) is 12.0. The van der Waals surface area contributed by atoms with E-state index >= 15 is 0 Å². The summed E-state index contributed by atoms with van der Waals surface area (Å²) in [5, 5.41) is 0.594. The van der Waals surface area contributed by atoms with Crippen LogP contribution < -0.4 is 9.77 Å². The molecule has 3 aromatic carbocycles. The highest BCUT2D eigenvalue weighted by Crippen LogP contribution is 2.32. The molecule has 0 N–H and O–H groups in total. The molecule has 1 aliphatic heterocycles. The average molecular weight is 568 g/mol. The summed E-state index contributed by atoms with van der Waals surface area (Å²) in [5.41, 5.74) is 1.19. The zero-order chi connectivity index (χ0) is 26.4. The third-order valence-electron chi connectivity index (χ3n) is 6.31. The molecule has 12 heteroatoms. The van der Waals surface area contributed by atoms with Gasteiger partial charge in [0.2, 0.25) is 10.0 Å². The lowest BCUT2D eigenvalue weighted by Crippen LogP contribution is -2.48. The first-order valence-corrected chi connectivity index (χ1v) is 14.0. The SMILES string of the molecule is O=c1sc2cc(S(=O)(=O)N3CCN(c4cccc(C(F)(F)F)c4)CC3)ccc2n1Cc1ccc(Cl)cc1. The Hall–Kier alpha value is -2.86. The maximum Gasteiger partial charge on any atom is 0.416 e. The highest BCUT2D eigenvalue weighted by Gasteiger charge is 2.32. The smallest absolute Gasteiger partial charge is 0.369 e. The number of halogens is 4. The van der Waals surface area contributed by atoms with E-state index in [-0.39, 0.29) is 35.9 Å². The van der Waals surface area contributed by atoms with Crippen molar-refractivity contribution in [3.63, 3.8) is 0 Å². The van der Waals surface area contributed by atoms with Gasteiger partial charge in [0.1, 0.15) is 0 Å². The summed E-state index contributed by atoms with van der Waals surface area (Å²) in [6.07, 6.45) is -4.45. The third-order valence-corrected chi connectivity index (χ3v) is 9.40. The van der Waals surface area contributed by atoms with E-state index in [1.807, 2.05) is 12.1 Å². The number of piperazine rings is 1.